The molecule has 158 valence electrons. The number of aliphatic hydroxyl groups excluding tert-OH is 1. The number of esters is 1. The Kier molecular flexibility index (Phi) is 7.75. The Labute approximate surface area is 165 Å². The van der Waals surface area contributed by atoms with E-state index in [2.05, 4.69) is 15.6 Å². The van der Waals surface area contributed by atoms with Crippen molar-refractivity contribution < 1.29 is 24.2 Å². The molecule has 9 heteroatoms. The van der Waals surface area contributed by atoms with Crippen LogP contribution in [0.2, 0.25) is 0 Å². The van der Waals surface area contributed by atoms with Crippen molar-refractivity contribution in [1.29, 1.82) is 0 Å². The highest BCUT2D eigenvalue weighted by Crippen LogP contribution is 2.20. The third-order valence-corrected chi connectivity index (χ3v) is 4.44. The Morgan fingerprint density at radius 2 is 1.82 bits per heavy atom. The van der Waals surface area contributed by atoms with Crippen molar-refractivity contribution in [2.45, 2.75) is 72.1 Å². The second kappa shape index (κ2) is 9.18. The lowest BCUT2D eigenvalue weighted by atomic mass is 9.88. The molecule has 0 aliphatic rings. The molecule has 1 aromatic rings. The van der Waals surface area contributed by atoms with Crippen molar-refractivity contribution in [3.8, 4) is 0 Å². The molecule has 0 aromatic carbocycles. The van der Waals surface area contributed by atoms with E-state index in [1.54, 1.807) is 34.6 Å². The van der Waals surface area contributed by atoms with Gasteiger partial charge in [0.2, 0.25) is 11.8 Å². The highest BCUT2D eigenvalue weighted by atomic mass is 16.5. The molecule has 0 fully saturated rings. The molecule has 0 aliphatic carbocycles. The largest absolute Gasteiger partial charge is 0.467 e. The van der Waals surface area contributed by atoms with Crippen LogP contribution in [0.15, 0.2) is 12.5 Å². The summed E-state index contributed by atoms with van der Waals surface area (Å²) >= 11 is 0. The van der Waals surface area contributed by atoms with Crippen molar-refractivity contribution in [3.63, 3.8) is 0 Å². The second-order valence-corrected chi connectivity index (χ2v) is 8.32. The van der Waals surface area contributed by atoms with Gasteiger partial charge >= 0.3 is 5.97 Å². The van der Waals surface area contributed by atoms with Crippen LogP contribution in [0.1, 0.15) is 54.4 Å². The van der Waals surface area contributed by atoms with Crippen LogP contribution in [0.3, 0.4) is 0 Å². The van der Waals surface area contributed by atoms with Crippen LogP contribution in [-0.4, -0.2) is 51.7 Å². The predicted molar refractivity (Wildman–Crippen MR) is 104 cm³/mol. The van der Waals surface area contributed by atoms with Gasteiger partial charge in [-0.15, -0.1) is 0 Å². The van der Waals surface area contributed by atoms with E-state index in [-0.39, 0.29) is 5.82 Å². The highest BCUT2D eigenvalue weighted by molar-refractivity contribution is 5.97. The molecular weight excluding hydrogens is 364 g/mol. The number of methoxy groups -OCH3 is 1. The number of imidazole rings is 1. The van der Waals surface area contributed by atoms with E-state index in [1.165, 1.54) is 24.2 Å². The molecule has 0 aliphatic heterocycles. The summed E-state index contributed by atoms with van der Waals surface area (Å²) in [7, 11) is 1.30. The number of amides is 2. The molecule has 9 nitrogen and oxygen atoms in total. The summed E-state index contributed by atoms with van der Waals surface area (Å²) in [6.07, 6.45) is 2.77. The first-order chi connectivity index (χ1) is 12.8. The van der Waals surface area contributed by atoms with Crippen molar-refractivity contribution >= 4 is 23.6 Å². The number of carbonyl (C=O) groups excluding carboxylic acids is 3. The topological polar surface area (TPSA) is 123 Å². The van der Waals surface area contributed by atoms with Crippen LogP contribution >= 0.6 is 0 Å². The molecule has 28 heavy (non-hydrogen) atoms. The summed E-state index contributed by atoms with van der Waals surface area (Å²) in [4.78, 5) is 40.9. The number of rotatable bonds is 8. The van der Waals surface area contributed by atoms with Gasteiger partial charge in [-0.05, 0) is 25.7 Å². The van der Waals surface area contributed by atoms with Gasteiger partial charge in [0.15, 0.2) is 5.82 Å². The van der Waals surface area contributed by atoms with E-state index in [9.17, 15) is 19.5 Å². The zero-order valence-electron chi connectivity index (χ0n) is 17.7. The van der Waals surface area contributed by atoms with Gasteiger partial charge < -0.3 is 25.0 Å². The van der Waals surface area contributed by atoms with Gasteiger partial charge in [0.1, 0.15) is 17.7 Å². The monoisotopic (exact) mass is 396 g/mol. The van der Waals surface area contributed by atoms with Crippen molar-refractivity contribution in [1.82, 2.24) is 14.9 Å². The summed E-state index contributed by atoms with van der Waals surface area (Å²) in [5.74, 6) is -1.25. The van der Waals surface area contributed by atoms with Gasteiger partial charge in [0.05, 0.1) is 13.4 Å². The molecule has 2 amide bonds. The minimum absolute atomic E-state index is 0.244. The summed E-state index contributed by atoms with van der Waals surface area (Å²) in [6, 6.07) is -0.812. The molecule has 0 saturated heterocycles. The summed E-state index contributed by atoms with van der Waals surface area (Å²) in [5, 5.41) is 15.3. The first kappa shape index (κ1) is 23.6. The van der Waals surface area contributed by atoms with Gasteiger partial charge in [-0.2, -0.15) is 0 Å². The molecule has 2 unspecified atom stereocenters. The zero-order valence-corrected chi connectivity index (χ0v) is 17.7. The minimum Gasteiger partial charge on any atom is -0.467 e. The Hall–Kier alpha value is -2.42. The standard InChI is InChI=1S/C19H32N4O5/c1-8-9-12(21-16(26)14(24)18(2,3)4)15(25)22-13-10-23(11-20-13)19(5,6)17(27)28-7/h10-12,14,24H,8-9H2,1-7H3,(H,21,26)(H,22,25). The van der Waals surface area contributed by atoms with E-state index < -0.39 is 40.9 Å². The minimum atomic E-state index is -1.24. The lowest BCUT2D eigenvalue weighted by Crippen LogP contribution is -2.50. The number of ether oxygens (including phenoxy) is 1. The lowest BCUT2D eigenvalue weighted by molar-refractivity contribution is -0.149. The quantitative estimate of drug-likeness (QED) is 0.571. The van der Waals surface area contributed by atoms with Crippen LogP contribution in [0.5, 0.6) is 0 Å². The first-order valence-electron chi connectivity index (χ1n) is 9.26. The third kappa shape index (κ3) is 5.79. The molecule has 0 bridgehead atoms. The number of hydrogen-bond acceptors (Lipinski definition) is 6. The third-order valence-electron chi connectivity index (χ3n) is 4.44. The highest BCUT2D eigenvalue weighted by Gasteiger charge is 2.33. The Bertz CT molecular complexity index is 705. The molecule has 0 radical (unpaired) electrons. The van der Waals surface area contributed by atoms with Gasteiger partial charge in [-0.1, -0.05) is 34.1 Å². The van der Waals surface area contributed by atoms with Gasteiger partial charge in [0, 0.05) is 6.20 Å². The van der Waals surface area contributed by atoms with Crippen LogP contribution < -0.4 is 10.6 Å². The second-order valence-electron chi connectivity index (χ2n) is 8.32. The van der Waals surface area contributed by atoms with Gasteiger partial charge in [-0.3, -0.25) is 9.59 Å². The first-order valence-corrected chi connectivity index (χ1v) is 9.26. The fourth-order valence-corrected chi connectivity index (χ4v) is 2.46. The maximum atomic E-state index is 12.6. The molecule has 0 saturated carbocycles. The molecule has 1 aromatic heterocycles. The summed E-state index contributed by atoms with van der Waals surface area (Å²) in [6.45, 7) is 10.4. The molecule has 0 spiro atoms. The van der Waals surface area contributed by atoms with Crippen LogP contribution in [0.25, 0.3) is 0 Å². The number of nitrogens with one attached hydrogen (secondary N) is 2. The SMILES string of the molecule is CCCC(NC(=O)C(O)C(C)(C)C)C(=O)Nc1cn(C(C)(C)C(=O)OC)cn1. The Balaban J connectivity index is 2.88. The van der Waals surface area contributed by atoms with Crippen LogP contribution in [-0.2, 0) is 24.7 Å². The van der Waals surface area contributed by atoms with E-state index in [4.69, 9.17) is 4.74 Å². The summed E-state index contributed by atoms with van der Waals surface area (Å²) in [5.41, 5.74) is -1.63. The van der Waals surface area contributed by atoms with Crippen LogP contribution in [0.4, 0.5) is 5.82 Å². The fraction of sp³-hybridized carbons (Fsp3) is 0.684. The van der Waals surface area contributed by atoms with E-state index in [0.717, 1.165) is 0 Å². The van der Waals surface area contributed by atoms with E-state index in [1.807, 2.05) is 6.92 Å². The molecular formula is C19H32N4O5. The maximum absolute atomic E-state index is 12.6. The number of aromatic nitrogens is 2. The van der Waals surface area contributed by atoms with Gasteiger partial charge in [-0.25, -0.2) is 9.78 Å². The number of hydrogen-bond donors (Lipinski definition) is 3. The number of aliphatic hydroxyl groups is 1. The van der Waals surface area contributed by atoms with E-state index in [0.29, 0.717) is 12.8 Å². The number of anilines is 1. The predicted octanol–water partition coefficient (Wildman–Crippen LogP) is 1.42. The smallest absolute Gasteiger partial charge is 0.331 e. The molecule has 1 heterocycles. The van der Waals surface area contributed by atoms with E-state index >= 15 is 0 Å². The van der Waals surface area contributed by atoms with Crippen LogP contribution in [0, 0.1) is 5.41 Å². The van der Waals surface area contributed by atoms with Crippen molar-refractivity contribution in [2.75, 3.05) is 12.4 Å². The molecule has 1 rings (SSSR count). The van der Waals surface area contributed by atoms with Crippen molar-refractivity contribution in [3.05, 3.63) is 12.5 Å². The number of carbonyl (C=O) groups is 3. The maximum Gasteiger partial charge on any atom is 0.331 e. The molecule has 3 N–H and O–H groups in total. The van der Waals surface area contributed by atoms with Crippen molar-refractivity contribution in [2.24, 2.45) is 5.41 Å². The fourth-order valence-electron chi connectivity index (χ4n) is 2.46. The zero-order chi connectivity index (χ0) is 21.7. The van der Waals surface area contributed by atoms with Gasteiger partial charge in [0.25, 0.3) is 0 Å². The summed E-state index contributed by atoms with van der Waals surface area (Å²) < 4.78 is 6.31. The average Bonchev–Trinajstić information content (AvgIpc) is 3.08. The average molecular weight is 396 g/mol. The Morgan fingerprint density at radius 3 is 2.32 bits per heavy atom. The normalized spacial score (nSPS) is 14.1. The molecule has 2 atom stereocenters. The Morgan fingerprint density at radius 1 is 1.21 bits per heavy atom. The number of nitrogens with zero attached hydrogens (tertiary/aromatic N) is 2. The lowest BCUT2D eigenvalue weighted by Gasteiger charge is -2.27.